The molecule has 0 aliphatic rings. The minimum atomic E-state index is 0.375. The Morgan fingerprint density at radius 1 is 1.36 bits per heavy atom. The highest BCUT2D eigenvalue weighted by Crippen LogP contribution is 2.27. The zero-order chi connectivity index (χ0) is 10.6. The van der Waals surface area contributed by atoms with E-state index < -0.39 is 0 Å². The summed E-state index contributed by atoms with van der Waals surface area (Å²) in [6.45, 7) is 6.43. The minimum Gasteiger partial charge on any atom is -0.198 e. The Morgan fingerprint density at radius 3 is 2.57 bits per heavy atom. The van der Waals surface area contributed by atoms with Gasteiger partial charge in [0.2, 0.25) is 0 Å². The maximum atomic E-state index is 8.77. The Kier molecular flexibility index (Phi) is 3.71. The molecule has 0 saturated heterocycles. The van der Waals surface area contributed by atoms with E-state index in [1.54, 1.807) is 0 Å². The Labute approximate surface area is 86.4 Å². The van der Waals surface area contributed by atoms with Crippen LogP contribution in [0.1, 0.15) is 37.3 Å². The van der Waals surface area contributed by atoms with Crippen LogP contribution in [0.4, 0.5) is 0 Å². The molecule has 0 aromatic heterocycles. The van der Waals surface area contributed by atoms with Gasteiger partial charge in [-0.2, -0.15) is 5.26 Å². The van der Waals surface area contributed by atoms with E-state index in [1.807, 2.05) is 0 Å². The number of benzene rings is 1. The normalized spacial score (nSPS) is 12.5. The maximum Gasteiger partial charge on any atom is 0.0628 e. The van der Waals surface area contributed by atoms with Crippen molar-refractivity contribution < 1.29 is 0 Å². The van der Waals surface area contributed by atoms with Gasteiger partial charge in [0.05, 0.1) is 6.07 Å². The molecule has 0 spiro atoms. The third-order valence-corrected chi connectivity index (χ3v) is 2.59. The summed E-state index contributed by atoms with van der Waals surface area (Å²) in [4.78, 5) is 0. The first-order valence-electron chi connectivity index (χ1n) is 5.08. The SMILES string of the molecule is Cc1cccc(C(CC#N)C(C)C)c1. The number of hydrogen-bond donors (Lipinski definition) is 0. The Balaban J connectivity index is 2.94. The summed E-state index contributed by atoms with van der Waals surface area (Å²) in [6.07, 6.45) is 0.612. The van der Waals surface area contributed by atoms with Crippen LogP contribution < -0.4 is 0 Å². The van der Waals surface area contributed by atoms with E-state index in [2.05, 4.69) is 51.1 Å². The molecule has 0 aliphatic carbocycles. The number of rotatable bonds is 3. The molecule has 1 unspecified atom stereocenters. The third kappa shape index (κ3) is 2.60. The van der Waals surface area contributed by atoms with E-state index in [9.17, 15) is 0 Å². The molecule has 0 saturated carbocycles. The van der Waals surface area contributed by atoms with Crippen LogP contribution in [0.25, 0.3) is 0 Å². The predicted octanol–water partition coefficient (Wildman–Crippen LogP) is 3.65. The first kappa shape index (κ1) is 10.8. The summed E-state index contributed by atoms with van der Waals surface area (Å²) in [5.74, 6) is 0.899. The highest BCUT2D eigenvalue weighted by Gasteiger charge is 2.14. The molecule has 1 atom stereocenters. The predicted molar refractivity (Wildman–Crippen MR) is 59.0 cm³/mol. The molecule has 0 amide bonds. The second-order valence-electron chi connectivity index (χ2n) is 4.13. The van der Waals surface area contributed by atoms with Crippen LogP contribution in [0, 0.1) is 24.2 Å². The minimum absolute atomic E-state index is 0.375. The van der Waals surface area contributed by atoms with Crippen molar-refractivity contribution in [3.8, 4) is 6.07 Å². The summed E-state index contributed by atoms with van der Waals surface area (Å²) in [5.41, 5.74) is 2.56. The number of aryl methyl sites for hydroxylation is 1. The largest absolute Gasteiger partial charge is 0.198 e. The van der Waals surface area contributed by atoms with Gasteiger partial charge in [-0.3, -0.25) is 0 Å². The van der Waals surface area contributed by atoms with E-state index in [-0.39, 0.29) is 0 Å². The van der Waals surface area contributed by atoms with Crippen LogP contribution in [0.2, 0.25) is 0 Å². The van der Waals surface area contributed by atoms with Gasteiger partial charge in [0.25, 0.3) is 0 Å². The average molecular weight is 187 g/mol. The standard InChI is InChI=1S/C13H17N/c1-10(2)13(7-8-14)12-6-4-5-11(3)9-12/h4-6,9-10,13H,7H2,1-3H3. The van der Waals surface area contributed by atoms with Crippen molar-refractivity contribution >= 4 is 0 Å². The van der Waals surface area contributed by atoms with E-state index in [4.69, 9.17) is 5.26 Å². The van der Waals surface area contributed by atoms with Gasteiger partial charge in [0, 0.05) is 6.42 Å². The van der Waals surface area contributed by atoms with Crippen molar-refractivity contribution in [3.63, 3.8) is 0 Å². The molecule has 0 aliphatic heterocycles. The highest BCUT2D eigenvalue weighted by molar-refractivity contribution is 5.26. The molecule has 0 fully saturated rings. The molecule has 0 radical (unpaired) electrons. The van der Waals surface area contributed by atoms with Crippen molar-refractivity contribution in [2.75, 3.05) is 0 Å². The number of hydrogen-bond acceptors (Lipinski definition) is 1. The van der Waals surface area contributed by atoms with E-state index in [0.717, 1.165) is 0 Å². The maximum absolute atomic E-state index is 8.77. The van der Waals surface area contributed by atoms with Gasteiger partial charge < -0.3 is 0 Å². The third-order valence-electron chi connectivity index (χ3n) is 2.59. The zero-order valence-electron chi connectivity index (χ0n) is 9.12. The lowest BCUT2D eigenvalue weighted by atomic mass is 9.86. The number of nitriles is 1. The molecule has 1 rings (SSSR count). The second-order valence-corrected chi connectivity index (χ2v) is 4.13. The summed E-state index contributed by atoms with van der Waals surface area (Å²) >= 11 is 0. The average Bonchev–Trinajstić information content (AvgIpc) is 2.13. The van der Waals surface area contributed by atoms with Crippen molar-refractivity contribution in [3.05, 3.63) is 35.4 Å². The first-order chi connectivity index (χ1) is 6.65. The number of nitrogens with zero attached hydrogens (tertiary/aromatic N) is 1. The summed E-state index contributed by atoms with van der Waals surface area (Å²) in [7, 11) is 0. The van der Waals surface area contributed by atoms with E-state index >= 15 is 0 Å². The van der Waals surface area contributed by atoms with Crippen LogP contribution in [0.5, 0.6) is 0 Å². The van der Waals surface area contributed by atoms with Crippen LogP contribution >= 0.6 is 0 Å². The first-order valence-corrected chi connectivity index (χ1v) is 5.08. The van der Waals surface area contributed by atoms with Gasteiger partial charge in [-0.15, -0.1) is 0 Å². The smallest absolute Gasteiger partial charge is 0.0628 e. The quantitative estimate of drug-likeness (QED) is 0.708. The lowest BCUT2D eigenvalue weighted by Crippen LogP contribution is -2.06. The fourth-order valence-electron chi connectivity index (χ4n) is 1.74. The summed E-state index contributed by atoms with van der Waals surface area (Å²) in [6, 6.07) is 10.7. The zero-order valence-corrected chi connectivity index (χ0v) is 9.12. The van der Waals surface area contributed by atoms with Crippen LogP contribution in [0.15, 0.2) is 24.3 Å². The lowest BCUT2D eigenvalue weighted by Gasteiger charge is -2.18. The van der Waals surface area contributed by atoms with Gasteiger partial charge >= 0.3 is 0 Å². The molecular formula is C13H17N. The monoisotopic (exact) mass is 187 g/mol. The lowest BCUT2D eigenvalue weighted by molar-refractivity contribution is 0.506. The van der Waals surface area contributed by atoms with Crippen molar-refractivity contribution in [2.45, 2.75) is 33.1 Å². The second kappa shape index (κ2) is 4.81. The van der Waals surface area contributed by atoms with Crippen LogP contribution in [-0.4, -0.2) is 0 Å². The van der Waals surface area contributed by atoms with Crippen molar-refractivity contribution in [1.82, 2.24) is 0 Å². The fourth-order valence-corrected chi connectivity index (χ4v) is 1.74. The van der Waals surface area contributed by atoms with Gasteiger partial charge in [-0.25, -0.2) is 0 Å². The molecule has 0 heterocycles. The van der Waals surface area contributed by atoms with Crippen molar-refractivity contribution in [1.29, 1.82) is 5.26 Å². The molecule has 74 valence electrons. The molecule has 0 bridgehead atoms. The molecule has 1 aromatic rings. The van der Waals surface area contributed by atoms with Gasteiger partial charge in [0.15, 0.2) is 0 Å². The van der Waals surface area contributed by atoms with Crippen LogP contribution in [0.3, 0.4) is 0 Å². The Morgan fingerprint density at radius 2 is 2.07 bits per heavy atom. The molecule has 1 heteroatoms. The molecule has 0 N–H and O–H groups in total. The van der Waals surface area contributed by atoms with E-state index in [0.29, 0.717) is 18.3 Å². The topological polar surface area (TPSA) is 23.8 Å². The van der Waals surface area contributed by atoms with Gasteiger partial charge in [-0.05, 0) is 24.3 Å². The molecule has 1 nitrogen and oxygen atoms in total. The van der Waals surface area contributed by atoms with Crippen LogP contribution in [-0.2, 0) is 0 Å². The van der Waals surface area contributed by atoms with Gasteiger partial charge in [-0.1, -0.05) is 43.7 Å². The summed E-state index contributed by atoms with van der Waals surface area (Å²) in [5, 5.41) is 8.77. The molecular weight excluding hydrogens is 170 g/mol. The van der Waals surface area contributed by atoms with Crippen molar-refractivity contribution in [2.24, 2.45) is 5.92 Å². The Bertz CT molecular complexity index is 333. The fraction of sp³-hybridized carbons (Fsp3) is 0.462. The molecule has 14 heavy (non-hydrogen) atoms. The molecule has 1 aromatic carbocycles. The van der Waals surface area contributed by atoms with Gasteiger partial charge in [0.1, 0.15) is 0 Å². The summed E-state index contributed by atoms with van der Waals surface area (Å²) < 4.78 is 0. The highest BCUT2D eigenvalue weighted by atomic mass is 14.3. The Hall–Kier alpha value is -1.29. The van der Waals surface area contributed by atoms with E-state index in [1.165, 1.54) is 11.1 Å².